The van der Waals surface area contributed by atoms with Crippen LogP contribution in [0.2, 0.25) is 5.02 Å². The van der Waals surface area contributed by atoms with Gasteiger partial charge in [-0.1, -0.05) is 23.4 Å². The van der Waals surface area contributed by atoms with Crippen molar-refractivity contribution in [2.24, 2.45) is 0 Å². The van der Waals surface area contributed by atoms with E-state index in [4.69, 9.17) is 21.1 Å². The molecule has 1 aromatic carbocycles. The van der Waals surface area contributed by atoms with E-state index in [9.17, 15) is 9.59 Å². The van der Waals surface area contributed by atoms with E-state index in [0.29, 0.717) is 38.9 Å². The van der Waals surface area contributed by atoms with Crippen molar-refractivity contribution in [2.45, 2.75) is 25.2 Å². The number of thiophene rings is 1. The second kappa shape index (κ2) is 10.5. The average molecular weight is 467 g/mol. The van der Waals surface area contributed by atoms with E-state index in [0.717, 1.165) is 0 Å². The molecule has 3 aromatic rings. The molecule has 0 fully saturated rings. The van der Waals surface area contributed by atoms with Gasteiger partial charge in [0.25, 0.3) is 0 Å². The number of carbonyl (C=O) groups is 2. The molecule has 0 saturated heterocycles. The summed E-state index contributed by atoms with van der Waals surface area (Å²) in [6.45, 7) is 2.84. The number of aromatic nitrogens is 3. The highest BCUT2D eigenvalue weighted by molar-refractivity contribution is 7.99. The van der Waals surface area contributed by atoms with Crippen molar-refractivity contribution in [3.63, 3.8) is 0 Å². The van der Waals surface area contributed by atoms with E-state index in [1.54, 1.807) is 35.7 Å². The van der Waals surface area contributed by atoms with Crippen LogP contribution in [0, 0.1) is 0 Å². The lowest BCUT2D eigenvalue weighted by Crippen LogP contribution is -2.16. The molecule has 0 bridgehead atoms. The number of methoxy groups -OCH3 is 1. The predicted molar refractivity (Wildman–Crippen MR) is 116 cm³/mol. The minimum atomic E-state index is -0.491. The number of nitrogens with one attached hydrogen (secondary N) is 1. The number of nitrogens with zero attached hydrogens (tertiary/aromatic N) is 3. The van der Waals surface area contributed by atoms with E-state index in [-0.39, 0.29) is 18.3 Å². The monoisotopic (exact) mass is 466 g/mol. The normalized spacial score (nSPS) is 10.6. The third kappa shape index (κ3) is 5.53. The van der Waals surface area contributed by atoms with Gasteiger partial charge in [0.05, 0.1) is 18.4 Å². The van der Waals surface area contributed by atoms with E-state index < -0.39 is 5.97 Å². The molecule has 0 saturated carbocycles. The summed E-state index contributed by atoms with van der Waals surface area (Å²) in [5.41, 5.74) is 0.333. The first-order valence-corrected chi connectivity index (χ1v) is 11.1. The number of anilines is 1. The summed E-state index contributed by atoms with van der Waals surface area (Å²) in [6.07, 6.45) is 0. The van der Waals surface area contributed by atoms with E-state index in [1.807, 2.05) is 11.5 Å². The number of esters is 1. The number of amides is 1. The molecule has 0 atom stereocenters. The Morgan fingerprint density at radius 1 is 1.23 bits per heavy atom. The zero-order chi connectivity index (χ0) is 21.5. The lowest BCUT2D eigenvalue weighted by molar-refractivity contribution is -0.113. The summed E-state index contributed by atoms with van der Waals surface area (Å²) in [5, 5.41) is 14.5. The van der Waals surface area contributed by atoms with Crippen LogP contribution < -0.4 is 10.1 Å². The standard InChI is InChI=1S/C19H19ClN4O4S2/c1-3-24-15(10-28-13-6-4-12(20)5-7-13)22-23-19(24)30-11-16(25)21-17-14(8-9-29-17)18(26)27-2/h4-9H,3,10-11H2,1-2H3,(H,21,25). The van der Waals surface area contributed by atoms with Gasteiger partial charge in [-0.05, 0) is 42.6 Å². The number of benzene rings is 1. The Labute approximate surface area is 186 Å². The Morgan fingerprint density at radius 3 is 2.70 bits per heavy atom. The smallest absolute Gasteiger partial charge is 0.340 e. The van der Waals surface area contributed by atoms with Crippen LogP contribution >= 0.6 is 34.7 Å². The van der Waals surface area contributed by atoms with Crippen LogP contribution in [0.4, 0.5) is 5.00 Å². The Bertz CT molecular complexity index is 1020. The molecule has 30 heavy (non-hydrogen) atoms. The van der Waals surface area contributed by atoms with Gasteiger partial charge >= 0.3 is 5.97 Å². The average Bonchev–Trinajstić information content (AvgIpc) is 3.37. The summed E-state index contributed by atoms with van der Waals surface area (Å²) in [6, 6.07) is 8.67. The van der Waals surface area contributed by atoms with Crippen molar-refractivity contribution < 1.29 is 19.1 Å². The van der Waals surface area contributed by atoms with Crippen LogP contribution in [-0.2, 0) is 22.7 Å². The predicted octanol–water partition coefficient (Wildman–Crippen LogP) is 4.11. The maximum absolute atomic E-state index is 12.3. The first kappa shape index (κ1) is 22.1. The van der Waals surface area contributed by atoms with Gasteiger partial charge in [-0.3, -0.25) is 4.79 Å². The molecule has 0 radical (unpaired) electrons. The third-order valence-electron chi connectivity index (χ3n) is 3.95. The number of hydrogen-bond acceptors (Lipinski definition) is 8. The minimum Gasteiger partial charge on any atom is -0.486 e. The van der Waals surface area contributed by atoms with Crippen LogP contribution in [0.15, 0.2) is 40.9 Å². The highest BCUT2D eigenvalue weighted by atomic mass is 35.5. The Kier molecular flexibility index (Phi) is 7.72. The molecule has 8 nitrogen and oxygen atoms in total. The number of carbonyl (C=O) groups excluding carboxylic acids is 2. The van der Waals surface area contributed by atoms with E-state index in [2.05, 4.69) is 15.5 Å². The number of ether oxygens (including phenoxy) is 2. The summed E-state index contributed by atoms with van der Waals surface area (Å²) in [4.78, 5) is 24.0. The molecule has 3 rings (SSSR count). The molecule has 2 heterocycles. The first-order chi connectivity index (χ1) is 14.5. The van der Waals surface area contributed by atoms with E-state index in [1.165, 1.54) is 30.2 Å². The lowest BCUT2D eigenvalue weighted by atomic mass is 10.3. The highest BCUT2D eigenvalue weighted by Gasteiger charge is 2.17. The molecular formula is C19H19ClN4O4S2. The van der Waals surface area contributed by atoms with Crippen LogP contribution in [0.25, 0.3) is 0 Å². The van der Waals surface area contributed by atoms with Gasteiger partial charge in [0.2, 0.25) is 5.91 Å². The van der Waals surface area contributed by atoms with Crippen molar-refractivity contribution in [1.29, 1.82) is 0 Å². The molecule has 2 aromatic heterocycles. The number of thioether (sulfide) groups is 1. The zero-order valence-corrected chi connectivity index (χ0v) is 18.6. The fourth-order valence-corrected chi connectivity index (χ4v) is 4.24. The highest BCUT2D eigenvalue weighted by Crippen LogP contribution is 2.25. The lowest BCUT2D eigenvalue weighted by Gasteiger charge is -2.09. The van der Waals surface area contributed by atoms with Gasteiger partial charge in [0.1, 0.15) is 17.4 Å². The number of rotatable bonds is 9. The maximum Gasteiger partial charge on any atom is 0.340 e. The fraction of sp³-hybridized carbons (Fsp3) is 0.263. The number of halogens is 1. The van der Waals surface area contributed by atoms with Gasteiger partial charge in [-0.25, -0.2) is 4.79 Å². The largest absolute Gasteiger partial charge is 0.486 e. The molecular weight excluding hydrogens is 448 g/mol. The second-order valence-electron chi connectivity index (χ2n) is 5.88. The summed E-state index contributed by atoms with van der Waals surface area (Å²) in [7, 11) is 1.30. The quantitative estimate of drug-likeness (QED) is 0.374. The van der Waals surface area contributed by atoms with Crippen LogP contribution in [0.1, 0.15) is 23.1 Å². The molecule has 0 aliphatic rings. The Balaban J connectivity index is 1.58. The molecule has 0 spiro atoms. The Hall–Kier alpha value is -2.56. The van der Waals surface area contributed by atoms with E-state index >= 15 is 0 Å². The van der Waals surface area contributed by atoms with Crippen LogP contribution in [0.5, 0.6) is 5.75 Å². The van der Waals surface area contributed by atoms with Crippen LogP contribution in [-0.4, -0.2) is 39.5 Å². The van der Waals surface area contributed by atoms with Gasteiger partial charge in [0.15, 0.2) is 11.0 Å². The van der Waals surface area contributed by atoms with Gasteiger partial charge < -0.3 is 19.4 Å². The third-order valence-corrected chi connectivity index (χ3v) is 6.00. The van der Waals surface area contributed by atoms with Crippen molar-refractivity contribution in [3.05, 3.63) is 52.1 Å². The van der Waals surface area contributed by atoms with Gasteiger partial charge in [0, 0.05) is 11.6 Å². The van der Waals surface area contributed by atoms with Crippen molar-refractivity contribution >= 4 is 51.6 Å². The minimum absolute atomic E-state index is 0.120. The van der Waals surface area contributed by atoms with Gasteiger partial charge in [-0.2, -0.15) is 0 Å². The van der Waals surface area contributed by atoms with Gasteiger partial charge in [-0.15, -0.1) is 21.5 Å². The molecule has 0 aliphatic carbocycles. The fourth-order valence-electron chi connectivity index (χ4n) is 2.50. The van der Waals surface area contributed by atoms with Crippen molar-refractivity contribution in [3.8, 4) is 5.75 Å². The first-order valence-electron chi connectivity index (χ1n) is 8.90. The molecule has 1 N–H and O–H groups in total. The molecule has 158 valence electrons. The van der Waals surface area contributed by atoms with Crippen molar-refractivity contribution in [2.75, 3.05) is 18.2 Å². The molecule has 0 unspecified atom stereocenters. The topological polar surface area (TPSA) is 95.3 Å². The second-order valence-corrected chi connectivity index (χ2v) is 8.17. The number of hydrogen-bond donors (Lipinski definition) is 1. The maximum atomic E-state index is 12.3. The van der Waals surface area contributed by atoms with Crippen molar-refractivity contribution in [1.82, 2.24) is 14.8 Å². The summed E-state index contributed by atoms with van der Waals surface area (Å²) >= 11 is 8.40. The summed E-state index contributed by atoms with van der Waals surface area (Å²) in [5.74, 6) is 0.708. The zero-order valence-electron chi connectivity index (χ0n) is 16.3. The SMILES string of the molecule is CCn1c(COc2ccc(Cl)cc2)nnc1SCC(=O)Nc1sccc1C(=O)OC. The molecule has 11 heteroatoms. The molecule has 1 amide bonds. The van der Waals surface area contributed by atoms with Crippen LogP contribution in [0.3, 0.4) is 0 Å². The molecule has 0 aliphatic heterocycles. The Morgan fingerprint density at radius 2 is 2.00 bits per heavy atom. The summed E-state index contributed by atoms with van der Waals surface area (Å²) < 4.78 is 12.3.